The predicted octanol–water partition coefficient (Wildman–Crippen LogP) is 2.62. The third kappa shape index (κ3) is 1.68. The summed E-state index contributed by atoms with van der Waals surface area (Å²) in [6, 6.07) is 3.32. The van der Waals surface area contributed by atoms with E-state index in [4.69, 9.17) is 5.73 Å². The van der Waals surface area contributed by atoms with Gasteiger partial charge in [0.25, 0.3) is 5.91 Å². The van der Waals surface area contributed by atoms with Gasteiger partial charge in [-0.3, -0.25) is 4.79 Å². The van der Waals surface area contributed by atoms with Crippen molar-refractivity contribution in [1.82, 2.24) is 5.32 Å². The number of halogens is 4. The number of anilines is 1. The van der Waals surface area contributed by atoms with Gasteiger partial charge in [-0.1, -0.05) is 0 Å². The van der Waals surface area contributed by atoms with Crippen molar-refractivity contribution < 1.29 is 22.4 Å². The van der Waals surface area contributed by atoms with Crippen LogP contribution < -0.4 is 11.1 Å². The van der Waals surface area contributed by atoms with Gasteiger partial charge >= 0.3 is 6.18 Å². The highest BCUT2D eigenvalue weighted by atomic mass is 19.4. The number of benzene rings is 1. The first-order valence-corrected chi connectivity index (χ1v) is 6.11. The molecule has 1 aromatic carbocycles. The maximum Gasteiger partial charge on any atom is 0.394 e. The summed E-state index contributed by atoms with van der Waals surface area (Å²) in [5.74, 6) is -1.13. The lowest BCUT2D eigenvalue weighted by molar-refractivity contribution is -0.336. The average molecular weight is 288 g/mol. The maximum atomic E-state index is 12.9. The third-order valence-electron chi connectivity index (χ3n) is 4.27. The number of amides is 1. The molecule has 3 fully saturated rings. The normalized spacial score (nSPS) is 31.2. The molecule has 108 valence electrons. The van der Waals surface area contributed by atoms with Gasteiger partial charge in [-0.15, -0.1) is 0 Å². The van der Waals surface area contributed by atoms with Crippen LogP contribution in [0.1, 0.15) is 29.6 Å². The molecule has 1 amide bonds. The zero-order chi connectivity index (χ0) is 14.8. The Balaban J connectivity index is 1.68. The van der Waals surface area contributed by atoms with Crippen molar-refractivity contribution >= 4 is 11.6 Å². The van der Waals surface area contributed by atoms with E-state index in [0.29, 0.717) is 0 Å². The van der Waals surface area contributed by atoms with E-state index >= 15 is 0 Å². The molecule has 0 atom stereocenters. The van der Waals surface area contributed by atoms with Crippen molar-refractivity contribution in [3.8, 4) is 0 Å². The zero-order valence-corrected chi connectivity index (χ0v) is 10.4. The molecule has 2 bridgehead atoms. The highest BCUT2D eigenvalue weighted by molar-refractivity contribution is 5.99. The van der Waals surface area contributed by atoms with Gasteiger partial charge in [-0.25, -0.2) is 4.39 Å². The van der Waals surface area contributed by atoms with Gasteiger partial charge in [0.2, 0.25) is 0 Å². The Hall–Kier alpha value is -1.79. The molecule has 0 aliphatic heterocycles. The molecule has 4 rings (SSSR count). The fourth-order valence-electron chi connectivity index (χ4n) is 3.27. The number of hydrogen-bond acceptors (Lipinski definition) is 2. The number of nitrogens with one attached hydrogen (secondary N) is 1. The van der Waals surface area contributed by atoms with E-state index in [0.717, 1.165) is 12.1 Å². The average Bonchev–Trinajstić information content (AvgIpc) is 2.18. The van der Waals surface area contributed by atoms with Crippen LogP contribution in [0.3, 0.4) is 0 Å². The summed E-state index contributed by atoms with van der Waals surface area (Å²) in [7, 11) is 0. The monoisotopic (exact) mass is 288 g/mol. The zero-order valence-electron chi connectivity index (χ0n) is 10.4. The minimum atomic E-state index is -4.21. The summed E-state index contributed by atoms with van der Waals surface area (Å²) >= 11 is 0. The fourth-order valence-corrected chi connectivity index (χ4v) is 3.27. The molecule has 3 aliphatic rings. The SMILES string of the molecule is Nc1cc(F)ccc1C(=O)NC12CC(C(F)(F)F)(C1)C2. The van der Waals surface area contributed by atoms with Crippen molar-refractivity contribution in [2.75, 3.05) is 5.73 Å². The van der Waals surface area contributed by atoms with Gasteiger partial charge in [-0.05, 0) is 37.5 Å². The molecular formula is C13H12F4N2O. The molecule has 20 heavy (non-hydrogen) atoms. The van der Waals surface area contributed by atoms with E-state index in [1.54, 1.807) is 0 Å². The summed E-state index contributed by atoms with van der Waals surface area (Å²) in [6.07, 6.45) is -4.47. The highest BCUT2D eigenvalue weighted by Crippen LogP contribution is 2.73. The summed E-state index contributed by atoms with van der Waals surface area (Å²) < 4.78 is 50.9. The summed E-state index contributed by atoms with van der Waals surface area (Å²) in [6.45, 7) is 0. The molecule has 3 saturated carbocycles. The van der Waals surface area contributed by atoms with Gasteiger partial charge in [0.15, 0.2) is 0 Å². The van der Waals surface area contributed by atoms with Crippen molar-refractivity contribution in [2.45, 2.75) is 31.0 Å². The lowest BCUT2D eigenvalue weighted by atomic mass is 9.39. The van der Waals surface area contributed by atoms with E-state index in [2.05, 4.69) is 5.32 Å². The maximum absolute atomic E-state index is 12.9. The molecule has 7 heteroatoms. The third-order valence-corrected chi connectivity index (χ3v) is 4.27. The van der Waals surface area contributed by atoms with Crippen molar-refractivity contribution in [1.29, 1.82) is 0 Å². The largest absolute Gasteiger partial charge is 0.398 e. The molecule has 0 unspecified atom stereocenters. The minimum absolute atomic E-state index is 0.0281. The Labute approximate surface area is 112 Å². The first kappa shape index (κ1) is 13.2. The van der Waals surface area contributed by atoms with Crippen LogP contribution in [0.4, 0.5) is 23.2 Å². The summed E-state index contributed by atoms with van der Waals surface area (Å²) in [4.78, 5) is 12.0. The summed E-state index contributed by atoms with van der Waals surface area (Å²) in [5.41, 5.74) is 3.19. The van der Waals surface area contributed by atoms with Crippen LogP contribution in [0, 0.1) is 11.2 Å². The van der Waals surface area contributed by atoms with Crippen LogP contribution in [-0.4, -0.2) is 17.6 Å². The number of nitrogens with two attached hydrogens (primary N) is 1. The first-order valence-electron chi connectivity index (χ1n) is 6.11. The molecule has 1 aromatic rings. The molecule has 3 aliphatic carbocycles. The fraction of sp³-hybridized carbons (Fsp3) is 0.462. The number of carbonyl (C=O) groups is 1. The molecule has 0 saturated heterocycles. The van der Waals surface area contributed by atoms with Crippen molar-refractivity contribution in [2.24, 2.45) is 5.41 Å². The van der Waals surface area contributed by atoms with Gasteiger partial charge in [-0.2, -0.15) is 13.2 Å². The van der Waals surface area contributed by atoms with E-state index in [1.165, 1.54) is 6.07 Å². The number of carbonyl (C=O) groups excluding carboxylic acids is 1. The second-order valence-electron chi connectivity index (χ2n) is 5.77. The molecule has 0 heterocycles. The number of hydrogen-bond donors (Lipinski definition) is 2. The van der Waals surface area contributed by atoms with Crippen LogP contribution in [0.2, 0.25) is 0 Å². The second kappa shape index (κ2) is 3.65. The number of nitrogen functional groups attached to an aromatic ring is 1. The van der Waals surface area contributed by atoms with Crippen LogP contribution in [0.15, 0.2) is 18.2 Å². The molecule has 0 radical (unpaired) electrons. The van der Waals surface area contributed by atoms with Crippen LogP contribution in [0.25, 0.3) is 0 Å². The standard InChI is InChI=1S/C13H12F4N2O/c14-7-1-2-8(9(18)3-7)10(20)19-12-4-11(5-12,6-12)13(15,16)17/h1-3H,4-6,18H2,(H,19,20). The first-order chi connectivity index (χ1) is 9.16. The van der Waals surface area contributed by atoms with Crippen LogP contribution in [0.5, 0.6) is 0 Å². The topological polar surface area (TPSA) is 55.1 Å². The predicted molar refractivity (Wildman–Crippen MR) is 63.3 cm³/mol. The van der Waals surface area contributed by atoms with E-state index in [1.807, 2.05) is 0 Å². The van der Waals surface area contributed by atoms with Crippen LogP contribution >= 0.6 is 0 Å². The minimum Gasteiger partial charge on any atom is -0.398 e. The Kier molecular flexibility index (Phi) is 2.41. The number of rotatable bonds is 2. The summed E-state index contributed by atoms with van der Waals surface area (Å²) in [5, 5.41) is 2.59. The van der Waals surface area contributed by atoms with Crippen molar-refractivity contribution in [3.63, 3.8) is 0 Å². The molecule has 3 N–H and O–H groups in total. The molecule has 0 spiro atoms. The smallest absolute Gasteiger partial charge is 0.394 e. The van der Waals surface area contributed by atoms with E-state index < -0.39 is 28.9 Å². The molecular weight excluding hydrogens is 276 g/mol. The quantitative estimate of drug-likeness (QED) is 0.649. The lowest BCUT2D eigenvalue weighted by Crippen LogP contribution is -2.78. The molecule has 3 nitrogen and oxygen atoms in total. The molecule has 0 aromatic heterocycles. The Bertz CT molecular complexity index is 577. The van der Waals surface area contributed by atoms with Gasteiger partial charge in [0, 0.05) is 11.2 Å². The second-order valence-corrected chi connectivity index (χ2v) is 5.77. The Morgan fingerprint density at radius 3 is 2.35 bits per heavy atom. The van der Waals surface area contributed by atoms with Gasteiger partial charge in [0.05, 0.1) is 11.0 Å². The lowest BCUT2D eigenvalue weighted by Gasteiger charge is -2.70. The Morgan fingerprint density at radius 1 is 1.25 bits per heavy atom. The van der Waals surface area contributed by atoms with Crippen LogP contribution in [-0.2, 0) is 0 Å². The van der Waals surface area contributed by atoms with Crippen molar-refractivity contribution in [3.05, 3.63) is 29.6 Å². The number of alkyl halides is 3. The van der Waals surface area contributed by atoms with E-state index in [9.17, 15) is 22.4 Å². The van der Waals surface area contributed by atoms with E-state index in [-0.39, 0.29) is 30.5 Å². The Morgan fingerprint density at radius 2 is 1.85 bits per heavy atom. The van der Waals surface area contributed by atoms with Gasteiger partial charge in [0.1, 0.15) is 5.82 Å². The van der Waals surface area contributed by atoms with Gasteiger partial charge < -0.3 is 11.1 Å². The highest BCUT2D eigenvalue weighted by Gasteiger charge is 2.78.